The van der Waals surface area contributed by atoms with E-state index < -0.39 is 11.9 Å². The molecular weight excluding hydrogens is 295 g/mol. The summed E-state index contributed by atoms with van der Waals surface area (Å²) in [5.41, 5.74) is 0.0816. The molecule has 2 rings (SSSR count). The van der Waals surface area contributed by atoms with Crippen molar-refractivity contribution in [3.63, 3.8) is 0 Å². The summed E-state index contributed by atoms with van der Waals surface area (Å²) in [4.78, 5) is 14.0. The molecule has 1 aromatic rings. The van der Waals surface area contributed by atoms with Gasteiger partial charge >= 0.3 is 0 Å². The van der Waals surface area contributed by atoms with Gasteiger partial charge in [-0.05, 0) is 44.5 Å². The Morgan fingerprint density at radius 1 is 1.57 bits per heavy atom. The number of hydrogen-bond acceptors (Lipinski definition) is 3. The summed E-state index contributed by atoms with van der Waals surface area (Å²) < 4.78 is 13.6. The van der Waals surface area contributed by atoms with Crippen LogP contribution < -0.4 is 5.32 Å². The van der Waals surface area contributed by atoms with Crippen LogP contribution in [0.15, 0.2) is 18.2 Å². The summed E-state index contributed by atoms with van der Waals surface area (Å²) in [5, 5.41) is 12.7. The average molecular weight is 315 g/mol. The van der Waals surface area contributed by atoms with Crippen LogP contribution in [-0.2, 0) is 4.79 Å². The van der Waals surface area contributed by atoms with Crippen LogP contribution in [0.2, 0.25) is 5.02 Å². The number of aliphatic hydroxyl groups excluding tert-OH is 1. The van der Waals surface area contributed by atoms with E-state index in [1.165, 1.54) is 18.2 Å². The first-order valence-corrected chi connectivity index (χ1v) is 7.52. The Morgan fingerprint density at radius 2 is 2.33 bits per heavy atom. The van der Waals surface area contributed by atoms with Crippen LogP contribution in [0, 0.1) is 5.82 Å². The van der Waals surface area contributed by atoms with E-state index in [1.807, 2.05) is 4.90 Å². The molecule has 2 atom stereocenters. The molecule has 0 saturated carbocycles. The quantitative estimate of drug-likeness (QED) is 0.898. The lowest BCUT2D eigenvalue weighted by molar-refractivity contribution is -0.118. The summed E-state index contributed by atoms with van der Waals surface area (Å²) in [6, 6.07) is 4.02. The van der Waals surface area contributed by atoms with Crippen LogP contribution in [0.1, 0.15) is 26.2 Å². The number of nitrogens with one attached hydrogen (secondary N) is 1. The molecule has 0 bridgehead atoms. The number of nitrogens with zero attached hydrogens (tertiary/aromatic N) is 1. The van der Waals surface area contributed by atoms with E-state index in [4.69, 9.17) is 11.6 Å². The van der Waals surface area contributed by atoms with E-state index in [9.17, 15) is 14.3 Å². The highest BCUT2D eigenvalue weighted by atomic mass is 35.5. The van der Waals surface area contributed by atoms with Gasteiger partial charge in [0.05, 0.1) is 18.3 Å². The summed E-state index contributed by atoms with van der Waals surface area (Å²) in [6.07, 6.45) is 2.44. The molecule has 0 aromatic heterocycles. The minimum absolute atomic E-state index is 0.0197. The number of halogens is 2. The zero-order valence-electron chi connectivity index (χ0n) is 12.0. The second-order valence-electron chi connectivity index (χ2n) is 5.45. The number of carbonyl (C=O) groups excluding carboxylic acids is 1. The number of aliphatic hydroxyl groups is 1. The van der Waals surface area contributed by atoms with Crippen LogP contribution in [0.3, 0.4) is 0 Å². The Hall–Kier alpha value is -1.17. The van der Waals surface area contributed by atoms with E-state index >= 15 is 0 Å². The first kappa shape index (κ1) is 16.2. The second-order valence-corrected chi connectivity index (χ2v) is 5.88. The molecule has 116 valence electrons. The minimum Gasteiger partial charge on any atom is -0.392 e. The van der Waals surface area contributed by atoms with Gasteiger partial charge in [-0.15, -0.1) is 0 Å². The zero-order valence-corrected chi connectivity index (χ0v) is 12.7. The largest absolute Gasteiger partial charge is 0.392 e. The van der Waals surface area contributed by atoms with Crippen molar-refractivity contribution in [2.45, 2.75) is 38.3 Å². The standard InChI is InChI=1S/C15H20ClFN2O2/c1-10(20)14-4-2-3-7-19(14)9-15(21)18-13-8-11(16)5-6-12(13)17/h5-6,8,10,14,20H,2-4,7,9H2,1H3,(H,18,21). The number of rotatable bonds is 4. The first-order valence-electron chi connectivity index (χ1n) is 7.14. The molecule has 4 nitrogen and oxygen atoms in total. The third kappa shape index (κ3) is 4.40. The topological polar surface area (TPSA) is 52.6 Å². The van der Waals surface area contributed by atoms with Crippen molar-refractivity contribution in [2.75, 3.05) is 18.4 Å². The molecule has 1 aliphatic rings. The van der Waals surface area contributed by atoms with Gasteiger partial charge in [0.2, 0.25) is 5.91 Å². The maximum absolute atomic E-state index is 13.6. The van der Waals surface area contributed by atoms with E-state index in [0.717, 1.165) is 25.8 Å². The molecule has 1 heterocycles. The lowest BCUT2D eigenvalue weighted by Crippen LogP contribution is -2.48. The number of benzene rings is 1. The van der Waals surface area contributed by atoms with Crippen LogP contribution >= 0.6 is 11.6 Å². The van der Waals surface area contributed by atoms with Crippen LogP contribution in [0.5, 0.6) is 0 Å². The molecule has 6 heteroatoms. The van der Waals surface area contributed by atoms with Crippen LogP contribution in [0.4, 0.5) is 10.1 Å². The van der Waals surface area contributed by atoms with Crippen molar-refractivity contribution in [3.8, 4) is 0 Å². The maximum atomic E-state index is 13.6. The molecule has 21 heavy (non-hydrogen) atoms. The van der Waals surface area contributed by atoms with Crippen molar-refractivity contribution in [3.05, 3.63) is 29.0 Å². The molecule has 1 amide bonds. The van der Waals surface area contributed by atoms with Crippen molar-refractivity contribution < 1.29 is 14.3 Å². The SMILES string of the molecule is CC(O)C1CCCCN1CC(=O)Nc1cc(Cl)ccc1F. The normalized spacial score (nSPS) is 21.0. The molecular formula is C15H20ClFN2O2. The molecule has 0 radical (unpaired) electrons. The van der Waals surface area contributed by atoms with Gasteiger partial charge in [-0.1, -0.05) is 18.0 Å². The fourth-order valence-corrected chi connectivity index (χ4v) is 2.90. The Labute approximate surface area is 128 Å². The van der Waals surface area contributed by atoms with Crippen molar-refractivity contribution >= 4 is 23.2 Å². The molecule has 0 spiro atoms. The Morgan fingerprint density at radius 3 is 3.05 bits per heavy atom. The minimum atomic E-state index is -0.515. The molecule has 1 aromatic carbocycles. The van der Waals surface area contributed by atoms with Gasteiger partial charge < -0.3 is 10.4 Å². The summed E-state index contributed by atoms with van der Waals surface area (Å²) in [6.45, 7) is 2.64. The third-order valence-corrected chi connectivity index (χ3v) is 4.01. The lowest BCUT2D eigenvalue weighted by Gasteiger charge is -2.36. The summed E-state index contributed by atoms with van der Waals surface area (Å²) in [5.74, 6) is -0.817. The number of piperidine rings is 1. The Bertz CT molecular complexity index is 510. The fourth-order valence-electron chi connectivity index (χ4n) is 2.73. The van der Waals surface area contributed by atoms with E-state index in [-0.39, 0.29) is 24.2 Å². The van der Waals surface area contributed by atoms with Gasteiger partial charge in [0, 0.05) is 11.1 Å². The molecule has 1 saturated heterocycles. The van der Waals surface area contributed by atoms with Crippen molar-refractivity contribution in [1.29, 1.82) is 0 Å². The number of hydrogen-bond donors (Lipinski definition) is 2. The predicted octanol–water partition coefficient (Wildman–Crippen LogP) is 2.65. The van der Waals surface area contributed by atoms with E-state index in [1.54, 1.807) is 6.92 Å². The monoisotopic (exact) mass is 314 g/mol. The molecule has 2 N–H and O–H groups in total. The lowest BCUT2D eigenvalue weighted by atomic mass is 9.98. The van der Waals surface area contributed by atoms with Gasteiger partial charge in [-0.25, -0.2) is 4.39 Å². The molecule has 0 aliphatic carbocycles. The third-order valence-electron chi connectivity index (χ3n) is 3.77. The van der Waals surface area contributed by atoms with Gasteiger partial charge in [-0.2, -0.15) is 0 Å². The number of carbonyl (C=O) groups is 1. The van der Waals surface area contributed by atoms with Gasteiger partial charge in [0.1, 0.15) is 5.82 Å². The predicted molar refractivity (Wildman–Crippen MR) is 80.9 cm³/mol. The van der Waals surface area contributed by atoms with Crippen LogP contribution in [-0.4, -0.2) is 41.1 Å². The Kier molecular flexibility index (Phi) is 5.56. The van der Waals surface area contributed by atoms with Crippen LogP contribution in [0.25, 0.3) is 0 Å². The molecule has 1 aliphatic heterocycles. The van der Waals surface area contributed by atoms with E-state index in [2.05, 4.69) is 5.32 Å². The fraction of sp³-hybridized carbons (Fsp3) is 0.533. The Balaban J connectivity index is 1.98. The smallest absolute Gasteiger partial charge is 0.238 e. The first-order chi connectivity index (χ1) is 9.97. The highest BCUT2D eigenvalue weighted by molar-refractivity contribution is 6.30. The number of anilines is 1. The van der Waals surface area contributed by atoms with Crippen molar-refractivity contribution in [2.24, 2.45) is 0 Å². The zero-order chi connectivity index (χ0) is 15.4. The molecule has 1 fully saturated rings. The summed E-state index contributed by atoms with van der Waals surface area (Å²) >= 11 is 5.80. The van der Waals surface area contributed by atoms with Gasteiger partial charge in [0.15, 0.2) is 0 Å². The number of likely N-dealkylation sites (tertiary alicyclic amines) is 1. The highest BCUT2D eigenvalue weighted by Gasteiger charge is 2.27. The summed E-state index contributed by atoms with van der Waals surface area (Å²) in [7, 11) is 0. The van der Waals surface area contributed by atoms with E-state index in [0.29, 0.717) is 5.02 Å². The number of amides is 1. The average Bonchev–Trinajstić information content (AvgIpc) is 2.43. The molecule has 2 unspecified atom stereocenters. The van der Waals surface area contributed by atoms with Crippen molar-refractivity contribution in [1.82, 2.24) is 4.90 Å². The maximum Gasteiger partial charge on any atom is 0.238 e. The van der Waals surface area contributed by atoms with Gasteiger partial charge in [0.25, 0.3) is 0 Å². The second kappa shape index (κ2) is 7.20. The van der Waals surface area contributed by atoms with Gasteiger partial charge in [-0.3, -0.25) is 9.69 Å². The highest BCUT2D eigenvalue weighted by Crippen LogP contribution is 2.21.